The Morgan fingerprint density at radius 2 is 2.00 bits per heavy atom. The lowest BCUT2D eigenvalue weighted by molar-refractivity contribution is 0.410. The van der Waals surface area contributed by atoms with Crippen LogP contribution < -0.4 is 10.1 Å². The van der Waals surface area contributed by atoms with Crippen molar-refractivity contribution in [1.82, 2.24) is 14.8 Å². The maximum Gasteiger partial charge on any atom is 0.222 e. The first-order valence-corrected chi connectivity index (χ1v) is 8.18. The number of fused-ring (bicyclic) bond motifs is 1. The highest BCUT2D eigenvalue weighted by molar-refractivity contribution is 6.30. The van der Waals surface area contributed by atoms with Crippen molar-refractivity contribution in [3.63, 3.8) is 0 Å². The van der Waals surface area contributed by atoms with Crippen molar-refractivity contribution in [1.29, 1.82) is 0 Å². The van der Waals surface area contributed by atoms with Crippen LogP contribution in [0.4, 0.5) is 5.95 Å². The highest BCUT2D eigenvalue weighted by Crippen LogP contribution is 2.38. The second kappa shape index (κ2) is 6.17. The van der Waals surface area contributed by atoms with Gasteiger partial charge in [-0.2, -0.15) is 10.1 Å². The number of hydrogen-bond donors (Lipinski definition) is 1. The van der Waals surface area contributed by atoms with E-state index < -0.39 is 0 Å². The van der Waals surface area contributed by atoms with Crippen molar-refractivity contribution in [3.05, 3.63) is 71.0 Å². The molecule has 2 atom stereocenters. The molecular weight excluding hydrogens is 324 g/mol. The van der Waals surface area contributed by atoms with Crippen LogP contribution in [0.3, 0.4) is 0 Å². The molecule has 0 bridgehead atoms. The lowest BCUT2D eigenvalue weighted by Crippen LogP contribution is -2.28. The Bertz CT molecular complexity index is 863. The summed E-state index contributed by atoms with van der Waals surface area (Å²) in [6.07, 6.45) is 2.43. The molecule has 0 aliphatic carbocycles. The van der Waals surface area contributed by atoms with Crippen molar-refractivity contribution in [3.8, 4) is 5.75 Å². The highest BCUT2D eigenvalue weighted by atomic mass is 35.5. The molecule has 2 heterocycles. The molecule has 0 fully saturated rings. The number of ether oxygens (including phenoxy) is 1. The predicted molar refractivity (Wildman–Crippen MR) is 93.6 cm³/mol. The summed E-state index contributed by atoms with van der Waals surface area (Å²) < 4.78 is 7.27. The van der Waals surface area contributed by atoms with Gasteiger partial charge in [0.15, 0.2) is 0 Å². The number of hydrogen-bond acceptors (Lipinski definition) is 4. The van der Waals surface area contributed by atoms with Crippen LogP contribution in [0, 0.1) is 0 Å². The second-order valence-corrected chi connectivity index (χ2v) is 6.24. The minimum Gasteiger partial charge on any atom is -0.497 e. The fraction of sp³-hybridized carbons (Fsp3) is 0.222. The molecule has 1 aliphatic rings. The summed E-state index contributed by atoms with van der Waals surface area (Å²) in [4.78, 5) is 4.35. The quantitative estimate of drug-likeness (QED) is 0.780. The third-order valence-corrected chi connectivity index (χ3v) is 4.60. The van der Waals surface area contributed by atoms with Crippen molar-refractivity contribution < 1.29 is 4.74 Å². The van der Waals surface area contributed by atoms with Gasteiger partial charge < -0.3 is 10.1 Å². The molecule has 24 heavy (non-hydrogen) atoms. The van der Waals surface area contributed by atoms with E-state index in [1.807, 2.05) is 35.0 Å². The minimum absolute atomic E-state index is 0.0821. The van der Waals surface area contributed by atoms with E-state index in [9.17, 15) is 0 Å². The smallest absolute Gasteiger partial charge is 0.222 e. The molecular formula is C18H17ClN4O. The van der Waals surface area contributed by atoms with Gasteiger partial charge in [-0.1, -0.05) is 35.9 Å². The summed E-state index contributed by atoms with van der Waals surface area (Å²) in [6.45, 7) is 0. The van der Waals surface area contributed by atoms with Crippen LogP contribution in [0.15, 0.2) is 54.9 Å². The van der Waals surface area contributed by atoms with Gasteiger partial charge in [0.2, 0.25) is 5.95 Å². The molecule has 0 unspecified atom stereocenters. The molecule has 3 aromatic rings. The van der Waals surface area contributed by atoms with Gasteiger partial charge in [-0.25, -0.2) is 4.68 Å². The third kappa shape index (κ3) is 2.71. The van der Waals surface area contributed by atoms with E-state index in [4.69, 9.17) is 16.3 Å². The highest BCUT2D eigenvalue weighted by Gasteiger charge is 2.30. The van der Waals surface area contributed by atoms with Crippen molar-refractivity contribution in [2.75, 3.05) is 12.4 Å². The number of halogens is 1. The van der Waals surface area contributed by atoms with Crippen LogP contribution in [-0.2, 0) is 0 Å². The van der Waals surface area contributed by atoms with Gasteiger partial charge in [-0.15, -0.1) is 0 Å². The minimum atomic E-state index is 0.0821. The largest absolute Gasteiger partial charge is 0.497 e. The molecule has 4 rings (SSSR count). The summed E-state index contributed by atoms with van der Waals surface area (Å²) in [6, 6.07) is 16.2. The summed E-state index contributed by atoms with van der Waals surface area (Å²) in [7, 11) is 1.68. The van der Waals surface area contributed by atoms with Crippen LogP contribution >= 0.6 is 11.6 Å². The van der Waals surface area contributed by atoms with E-state index in [1.54, 1.807) is 13.4 Å². The van der Waals surface area contributed by atoms with Crippen LogP contribution in [0.2, 0.25) is 5.02 Å². The number of nitrogens with zero attached hydrogens (tertiary/aromatic N) is 3. The van der Waals surface area contributed by atoms with Gasteiger partial charge in [-0.05, 0) is 41.8 Å². The van der Waals surface area contributed by atoms with Gasteiger partial charge in [0.05, 0.1) is 19.2 Å². The van der Waals surface area contributed by atoms with Crippen LogP contribution in [0.5, 0.6) is 5.75 Å². The first-order chi connectivity index (χ1) is 11.7. The van der Waals surface area contributed by atoms with E-state index in [2.05, 4.69) is 33.6 Å². The van der Waals surface area contributed by atoms with Crippen molar-refractivity contribution in [2.24, 2.45) is 0 Å². The van der Waals surface area contributed by atoms with Gasteiger partial charge in [0.1, 0.15) is 12.1 Å². The maximum atomic E-state index is 6.18. The second-order valence-electron chi connectivity index (χ2n) is 5.81. The first-order valence-electron chi connectivity index (χ1n) is 7.80. The maximum absolute atomic E-state index is 6.18. The van der Waals surface area contributed by atoms with Crippen LogP contribution in [0.1, 0.15) is 29.6 Å². The normalized spacial score (nSPS) is 19.4. The first kappa shape index (κ1) is 15.0. The molecule has 0 saturated carbocycles. The van der Waals surface area contributed by atoms with Crippen LogP contribution in [0.25, 0.3) is 0 Å². The van der Waals surface area contributed by atoms with Crippen LogP contribution in [-0.4, -0.2) is 21.9 Å². The molecule has 0 saturated heterocycles. The monoisotopic (exact) mass is 340 g/mol. The zero-order chi connectivity index (χ0) is 16.5. The molecule has 5 nitrogen and oxygen atoms in total. The summed E-state index contributed by atoms with van der Waals surface area (Å²) in [5.41, 5.74) is 2.29. The molecule has 6 heteroatoms. The van der Waals surface area contributed by atoms with Crippen molar-refractivity contribution in [2.45, 2.75) is 18.5 Å². The Kier molecular flexibility index (Phi) is 3.86. The number of rotatable bonds is 3. The van der Waals surface area contributed by atoms with Gasteiger partial charge in [0.25, 0.3) is 0 Å². The van der Waals surface area contributed by atoms with Gasteiger partial charge in [0, 0.05) is 5.02 Å². The van der Waals surface area contributed by atoms with Gasteiger partial charge in [-0.3, -0.25) is 0 Å². The number of methoxy groups -OCH3 is 1. The number of aromatic nitrogens is 3. The Labute approximate surface area is 145 Å². The fourth-order valence-electron chi connectivity index (χ4n) is 3.19. The van der Waals surface area contributed by atoms with E-state index in [1.165, 1.54) is 0 Å². The van der Waals surface area contributed by atoms with E-state index in [-0.39, 0.29) is 12.1 Å². The Balaban J connectivity index is 1.73. The topological polar surface area (TPSA) is 52.0 Å². The average molecular weight is 341 g/mol. The molecule has 2 aromatic carbocycles. The van der Waals surface area contributed by atoms with E-state index >= 15 is 0 Å². The molecule has 0 radical (unpaired) electrons. The Morgan fingerprint density at radius 3 is 2.83 bits per heavy atom. The standard InChI is InChI=1S/C18H17ClN4O/c1-24-15-7-3-4-12(9-15)16-10-17(13-5-2-6-14(19)8-13)23-18(22-16)20-11-21-23/h2-9,11,16-17H,10H2,1H3,(H,20,21,22)/t16-,17+/m0/s1. The SMILES string of the molecule is COc1cccc([C@@H]2C[C@H](c3cccc(Cl)c3)n3ncnc3N2)c1. The molecule has 122 valence electrons. The lowest BCUT2D eigenvalue weighted by atomic mass is 9.93. The van der Waals surface area contributed by atoms with Gasteiger partial charge >= 0.3 is 0 Å². The molecule has 1 N–H and O–H groups in total. The molecule has 1 aliphatic heterocycles. The number of nitrogens with one attached hydrogen (secondary N) is 1. The lowest BCUT2D eigenvalue weighted by Gasteiger charge is -2.32. The Hall–Kier alpha value is -2.53. The molecule has 1 aromatic heterocycles. The number of anilines is 1. The zero-order valence-corrected chi connectivity index (χ0v) is 13.9. The summed E-state index contributed by atoms with van der Waals surface area (Å²) in [5, 5.41) is 8.57. The van der Waals surface area contributed by atoms with Crippen molar-refractivity contribution >= 4 is 17.5 Å². The fourth-order valence-corrected chi connectivity index (χ4v) is 3.39. The third-order valence-electron chi connectivity index (χ3n) is 4.36. The van der Waals surface area contributed by atoms with E-state index in [0.717, 1.165) is 34.3 Å². The molecule has 0 amide bonds. The summed E-state index contributed by atoms with van der Waals surface area (Å²) >= 11 is 6.18. The average Bonchev–Trinajstić information content (AvgIpc) is 3.09. The Morgan fingerprint density at radius 1 is 1.17 bits per heavy atom. The molecule has 0 spiro atoms. The number of benzene rings is 2. The zero-order valence-electron chi connectivity index (χ0n) is 13.2. The van der Waals surface area contributed by atoms with E-state index in [0.29, 0.717) is 0 Å². The predicted octanol–water partition coefficient (Wildman–Crippen LogP) is 4.09. The summed E-state index contributed by atoms with van der Waals surface area (Å²) in [5.74, 6) is 1.61.